The minimum atomic E-state index is -3.31. The van der Waals surface area contributed by atoms with Gasteiger partial charge in [0.2, 0.25) is 16.0 Å². The molecule has 0 saturated carbocycles. The van der Waals surface area contributed by atoms with Gasteiger partial charge < -0.3 is 10.1 Å². The second-order valence-corrected chi connectivity index (χ2v) is 7.03. The highest BCUT2D eigenvalue weighted by Crippen LogP contribution is 2.11. The maximum atomic E-state index is 11.9. The fourth-order valence-corrected chi connectivity index (χ4v) is 3.05. The van der Waals surface area contributed by atoms with Gasteiger partial charge in [0, 0.05) is 31.6 Å². The summed E-state index contributed by atoms with van der Waals surface area (Å²) in [4.78, 5) is 8.18. The Bertz CT molecular complexity index is 544. The van der Waals surface area contributed by atoms with Crippen LogP contribution in [0.25, 0.3) is 0 Å². The lowest BCUT2D eigenvalue weighted by molar-refractivity contribution is 0.0200. The molecular formula is C13H22N4O3S. The molecule has 1 saturated heterocycles. The fraction of sp³-hybridized carbons (Fsp3) is 0.692. The quantitative estimate of drug-likeness (QED) is 0.769. The summed E-state index contributed by atoms with van der Waals surface area (Å²) >= 11 is 0. The number of sulfonamides is 1. The number of ether oxygens (including phenoxy) is 1. The summed E-state index contributed by atoms with van der Waals surface area (Å²) in [7, 11) is -3.31. The largest absolute Gasteiger partial charge is 0.377 e. The first-order valence-corrected chi connectivity index (χ1v) is 8.83. The van der Waals surface area contributed by atoms with Crippen molar-refractivity contribution >= 4 is 16.0 Å². The van der Waals surface area contributed by atoms with Gasteiger partial charge in [-0.25, -0.2) is 23.1 Å². The first kappa shape index (κ1) is 16.1. The smallest absolute Gasteiger partial charge is 0.222 e. The van der Waals surface area contributed by atoms with E-state index in [1.54, 1.807) is 12.3 Å². The molecule has 1 aliphatic heterocycles. The van der Waals surface area contributed by atoms with Gasteiger partial charge in [0.15, 0.2) is 0 Å². The number of aromatic nitrogens is 2. The second kappa shape index (κ2) is 7.67. The zero-order chi connectivity index (χ0) is 15.1. The third-order valence-electron chi connectivity index (χ3n) is 3.25. The van der Waals surface area contributed by atoms with Crippen molar-refractivity contribution in [2.45, 2.75) is 32.3 Å². The molecule has 0 spiro atoms. The van der Waals surface area contributed by atoms with Crippen molar-refractivity contribution in [2.75, 3.05) is 30.8 Å². The highest BCUT2D eigenvalue weighted by molar-refractivity contribution is 7.89. The number of hydrogen-bond donors (Lipinski definition) is 2. The van der Waals surface area contributed by atoms with Crippen LogP contribution in [0.2, 0.25) is 0 Å². The molecule has 2 heterocycles. The monoisotopic (exact) mass is 314 g/mol. The average molecular weight is 314 g/mol. The lowest BCUT2D eigenvalue weighted by Gasteiger charge is -2.22. The van der Waals surface area contributed by atoms with Crippen molar-refractivity contribution in [3.63, 3.8) is 0 Å². The van der Waals surface area contributed by atoms with E-state index in [-0.39, 0.29) is 18.4 Å². The van der Waals surface area contributed by atoms with Gasteiger partial charge in [0.1, 0.15) is 0 Å². The summed E-state index contributed by atoms with van der Waals surface area (Å²) in [6.07, 6.45) is 4.71. The van der Waals surface area contributed by atoms with E-state index < -0.39 is 10.0 Å². The third-order valence-corrected chi connectivity index (χ3v) is 4.60. The predicted octanol–water partition coefficient (Wildman–Crippen LogP) is 0.685. The van der Waals surface area contributed by atoms with Crippen LogP contribution < -0.4 is 10.0 Å². The van der Waals surface area contributed by atoms with Crippen LogP contribution >= 0.6 is 0 Å². The van der Waals surface area contributed by atoms with Gasteiger partial charge in [0.25, 0.3) is 0 Å². The van der Waals surface area contributed by atoms with Crippen LogP contribution in [0.5, 0.6) is 0 Å². The first-order chi connectivity index (χ1) is 10.1. The second-order valence-electron chi connectivity index (χ2n) is 5.10. The summed E-state index contributed by atoms with van der Waals surface area (Å²) in [6, 6.07) is 1.79. The highest BCUT2D eigenvalue weighted by Gasteiger charge is 2.17. The van der Waals surface area contributed by atoms with E-state index in [0.29, 0.717) is 12.5 Å². The molecule has 118 valence electrons. The van der Waals surface area contributed by atoms with Gasteiger partial charge >= 0.3 is 0 Å². The van der Waals surface area contributed by atoms with Gasteiger partial charge in [-0.1, -0.05) is 0 Å². The molecule has 0 bridgehead atoms. The van der Waals surface area contributed by atoms with Crippen molar-refractivity contribution < 1.29 is 13.2 Å². The Morgan fingerprint density at radius 2 is 2.29 bits per heavy atom. The topological polar surface area (TPSA) is 93.2 Å². The van der Waals surface area contributed by atoms with Crippen molar-refractivity contribution in [3.05, 3.63) is 18.0 Å². The van der Waals surface area contributed by atoms with E-state index in [1.807, 2.05) is 6.92 Å². The molecule has 0 radical (unpaired) electrons. The predicted molar refractivity (Wildman–Crippen MR) is 80.6 cm³/mol. The van der Waals surface area contributed by atoms with Crippen LogP contribution in [0.1, 0.15) is 25.0 Å². The Hall–Kier alpha value is -1.25. The van der Waals surface area contributed by atoms with E-state index >= 15 is 0 Å². The molecule has 0 amide bonds. The fourth-order valence-electron chi connectivity index (χ4n) is 2.09. The molecule has 1 unspecified atom stereocenters. The molecule has 0 aromatic carbocycles. The number of nitrogens with zero attached hydrogens (tertiary/aromatic N) is 2. The Morgan fingerprint density at radius 1 is 1.43 bits per heavy atom. The van der Waals surface area contributed by atoms with Crippen molar-refractivity contribution in [2.24, 2.45) is 0 Å². The summed E-state index contributed by atoms with van der Waals surface area (Å²) < 4.78 is 31.9. The molecule has 2 N–H and O–H groups in total. The molecule has 2 rings (SSSR count). The Morgan fingerprint density at radius 3 is 3.00 bits per heavy atom. The van der Waals surface area contributed by atoms with Crippen molar-refractivity contribution in [1.82, 2.24) is 14.7 Å². The Labute approximate surface area is 125 Å². The number of aryl methyl sites for hydroxylation is 1. The minimum Gasteiger partial charge on any atom is -0.377 e. The van der Waals surface area contributed by atoms with E-state index in [4.69, 9.17) is 4.74 Å². The summed E-state index contributed by atoms with van der Waals surface area (Å²) in [5, 5.41) is 2.91. The Kier molecular flexibility index (Phi) is 5.89. The van der Waals surface area contributed by atoms with Gasteiger partial charge in [-0.05, 0) is 32.3 Å². The lowest BCUT2D eigenvalue weighted by Crippen LogP contribution is -2.37. The lowest BCUT2D eigenvalue weighted by atomic mass is 10.1. The normalized spacial score (nSPS) is 19.4. The molecule has 1 fully saturated rings. The van der Waals surface area contributed by atoms with Crippen LogP contribution in [-0.4, -0.2) is 49.9 Å². The van der Waals surface area contributed by atoms with Crippen molar-refractivity contribution in [3.8, 4) is 0 Å². The molecule has 1 atom stereocenters. The molecule has 1 aromatic heterocycles. The number of rotatable bonds is 7. The van der Waals surface area contributed by atoms with Crippen LogP contribution in [0.3, 0.4) is 0 Å². The third kappa shape index (κ3) is 5.94. The summed E-state index contributed by atoms with van der Waals surface area (Å²) in [6.45, 7) is 3.20. The van der Waals surface area contributed by atoms with Crippen LogP contribution in [0.4, 0.5) is 5.95 Å². The van der Waals surface area contributed by atoms with E-state index in [1.165, 1.54) is 0 Å². The molecule has 1 aromatic rings. The van der Waals surface area contributed by atoms with Crippen molar-refractivity contribution in [1.29, 1.82) is 0 Å². The SMILES string of the molecule is Cc1ccnc(NCCS(=O)(=O)NCC2CCCCO2)n1. The molecule has 1 aliphatic rings. The number of hydrogen-bond acceptors (Lipinski definition) is 6. The molecular weight excluding hydrogens is 292 g/mol. The Balaban J connectivity index is 1.70. The molecule has 7 nitrogen and oxygen atoms in total. The highest BCUT2D eigenvalue weighted by atomic mass is 32.2. The standard InChI is InChI=1S/C13H22N4O3S/c1-11-5-6-14-13(17-11)15-7-9-21(18,19)16-10-12-4-2-3-8-20-12/h5-6,12,16H,2-4,7-10H2,1H3,(H,14,15,17). The van der Waals surface area contributed by atoms with Gasteiger partial charge in [-0.15, -0.1) is 0 Å². The minimum absolute atomic E-state index is 0.00147. The zero-order valence-corrected chi connectivity index (χ0v) is 13.0. The van der Waals surface area contributed by atoms with Crippen LogP contribution in [0.15, 0.2) is 12.3 Å². The molecule has 8 heteroatoms. The molecule has 21 heavy (non-hydrogen) atoms. The van der Waals surface area contributed by atoms with Crippen LogP contribution in [0, 0.1) is 6.92 Å². The van der Waals surface area contributed by atoms with E-state index in [9.17, 15) is 8.42 Å². The van der Waals surface area contributed by atoms with Crippen LogP contribution in [-0.2, 0) is 14.8 Å². The van der Waals surface area contributed by atoms with Gasteiger partial charge in [-0.3, -0.25) is 0 Å². The maximum Gasteiger partial charge on any atom is 0.222 e. The average Bonchev–Trinajstić information content (AvgIpc) is 2.46. The number of anilines is 1. The van der Waals surface area contributed by atoms with Gasteiger partial charge in [0.05, 0.1) is 11.9 Å². The molecule has 0 aliphatic carbocycles. The summed E-state index contributed by atoms with van der Waals surface area (Å²) in [5.41, 5.74) is 0.836. The van der Waals surface area contributed by atoms with E-state index in [2.05, 4.69) is 20.0 Å². The zero-order valence-electron chi connectivity index (χ0n) is 12.2. The number of nitrogens with one attached hydrogen (secondary N) is 2. The maximum absolute atomic E-state index is 11.9. The van der Waals surface area contributed by atoms with E-state index in [0.717, 1.165) is 31.6 Å². The van der Waals surface area contributed by atoms with Gasteiger partial charge in [-0.2, -0.15) is 0 Å². The first-order valence-electron chi connectivity index (χ1n) is 7.18. The summed E-state index contributed by atoms with van der Waals surface area (Å²) in [5.74, 6) is 0.428.